The van der Waals surface area contributed by atoms with E-state index in [1.807, 2.05) is 6.07 Å². The molecule has 0 aliphatic carbocycles. The van der Waals surface area contributed by atoms with Crippen LogP contribution >= 0.6 is 11.3 Å². The Bertz CT molecular complexity index is 573. The molecule has 20 heavy (non-hydrogen) atoms. The molecule has 6 nitrogen and oxygen atoms in total. The maximum Gasteiger partial charge on any atom is 0.240 e. The molecule has 7 heteroatoms. The lowest BCUT2D eigenvalue weighted by Gasteiger charge is -2.16. The number of thiophene rings is 1. The normalized spacial score (nSPS) is 12.2. The van der Waals surface area contributed by atoms with Crippen LogP contribution in [0.15, 0.2) is 18.3 Å². The van der Waals surface area contributed by atoms with E-state index in [9.17, 15) is 0 Å². The Morgan fingerprint density at radius 1 is 1.35 bits per heavy atom. The molecule has 0 aliphatic heterocycles. The second-order valence-corrected chi connectivity index (χ2v) is 5.26. The maximum atomic E-state index is 5.68. The highest BCUT2D eigenvalue weighted by Crippen LogP contribution is 2.31. The number of methoxy groups -OCH3 is 2. The van der Waals surface area contributed by atoms with Crippen LogP contribution in [0.1, 0.15) is 28.4 Å². The van der Waals surface area contributed by atoms with Gasteiger partial charge in [-0.05, 0) is 18.6 Å². The van der Waals surface area contributed by atoms with Gasteiger partial charge in [-0.2, -0.15) is 4.98 Å². The monoisotopic (exact) mass is 294 g/mol. The third-order valence-corrected chi connectivity index (χ3v) is 4.20. The molecule has 1 atom stereocenters. The average Bonchev–Trinajstić information content (AvgIpc) is 2.97. The van der Waals surface area contributed by atoms with E-state index in [2.05, 4.69) is 28.4 Å². The molecule has 0 fully saturated rings. The molecule has 0 spiro atoms. The van der Waals surface area contributed by atoms with Crippen molar-refractivity contribution in [1.82, 2.24) is 15.4 Å². The molecule has 0 saturated carbocycles. The largest absolute Gasteiger partial charge is 0.480 e. The highest BCUT2D eigenvalue weighted by atomic mass is 32.1. The van der Waals surface area contributed by atoms with Crippen molar-refractivity contribution in [2.75, 3.05) is 14.2 Å². The van der Waals surface area contributed by atoms with Crippen LogP contribution < -0.4 is 20.7 Å². The number of hydrogen-bond donors (Lipinski definition) is 2. The molecule has 0 saturated heterocycles. The summed E-state index contributed by atoms with van der Waals surface area (Å²) < 4.78 is 10.3. The van der Waals surface area contributed by atoms with E-state index in [-0.39, 0.29) is 6.04 Å². The first-order chi connectivity index (χ1) is 9.73. The lowest BCUT2D eigenvalue weighted by Crippen LogP contribution is -2.29. The summed E-state index contributed by atoms with van der Waals surface area (Å²) in [5, 5.41) is 0. The van der Waals surface area contributed by atoms with Gasteiger partial charge in [-0.1, -0.05) is 6.92 Å². The van der Waals surface area contributed by atoms with E-state index in [1.54, 1.807) is 24.6 Å². The van der Waals surface area contributed by atoms with Crippen molar-refractivity contribution in [1.29, 1.82) is 0 Å². The summed E-state index contributed by atoms with van der Waals surface area (Å²) in [6.07, 6.45) is 2.55. The zero-order valence-corrected chi connectivity index (χ0v) is 12.5. The standard InChI is InChI=1S/C13H18N4O2S/c1-4-8-5-6-9(20-8)11(17-14)12-13(19-3)16-10(18-2)7-15-12/h5-7,11,17H,4,14H2,1-3H3. The first-order valence-electron chi connectivity index (χ1n) is 6.23. The third-order valence-electron chi connectivity index (χ3n) is 2.90. The van der Waals surface area contributed by atoms with Gasteiger partial charge in [0.25, 0.3) is 0 Å². The smallest absolute Gasteiger partial charge is 0.240 e. The summed E-state index contributed by atoms with van der Waals surface area (Å²) in [5.41, 5.74) is 3.41. The van der Waals surface area contributed by atoms with Crippen LogP contribution in [0.4, 0.5) is 0 Å². The van der Waals surface area contributed by atoms with Crippen molar-refractivity contribution in [3.8, 4) is 11.8 Å². The fraction of sp³-hybridized carbons (Fsp3) is 0.385. The minimum atomic E-state index is -0.256. The lowest BCUT2D eigenvalue weighted by atomic mass is 10.2. The lowest BCUT2D eigenvalue weighted by molar-refractivity contribution is 0.353. The van der Waals surface area contributed by atoms with Crippen molar-refractivity contribution < 1.29 is 9.47 Å². The molecule has 2 heterocycles. The number of ether oxygens (including phenoxy) is 2. The van der Waals surface area contributed by atoms with E-state index in [1.165, 1.54) is 12.0 Å². The van der Waals surface area contributed by atoms with Crippen LogP contribution in [0.25, 0.3) is 0 Å². The Hall–Kier alpha value is -1.70. The number of aromatic nitrogens is 2. The molecule has 0 aromatic carbocycles. The quantitative estimate of drug-likeness (QED) is 0.623. The molecule has 0 amide bonds. The van der Waals surface area contributed by atoms with Crippen LogP contribution in [0, 0.1) is 0 Å². The van der Waals surface area contributed by atoms with Crippen LogP contribution in [-0.2, 0) is 6.42 Å². The van der Waals surface area contributed by atoms with Crippen molar-refractivity contribution in [3.63, 3.8) is 0 Å². The van der Waals surface area contributed by atoms with E-state index >= 15 is 0 Å². The van der Waals surface area contributed by atoms with E-state index in [0.717, 1.165) is 11.3 Å². The predicted molar refractivity (Wildman–Crippen MR) is 78.0 cm³/mol. The number of hydrogen-bond acceptors (Lipinski definition) is 7. The van der Waals surface area contributed by atoms with Crippen LogP contribution in [-0.4, -0.2) is 24.2 Å². The van der Waals surface area contributed by atoms with Crippen molar-refractivity contribution in [3.05, 3.63) is 33.8 Å². The molecule has 0 radical (unpaired) electrons. The van der Waals surface area contributed by atoms with Crippen molar-refractivity contribution in [2.45, 2.75) is 19.4 Å². The third kappa shape index (κ3) is 2.90. The minimum Gasteiger partial charge on any atom is -0.480 e. The fourth-order valence-corrected chi connectivity index (χ4v) is 2.87. The summed E-state index contributed by atoms with van der Waals surface area (Å²) in [7, 11) is 3.08. The van der Waals surface area contributed by atoms with Crippen molar-refractivity contribution in [2.24, 2.45) is 5.84 Å². The number of nitrogens with one attached hydrogen (secondary N) is 1. The predicted octanol–water partition coefficient (Wildman–Crippen LogP) is 1.67. The molecule has 2 aromatic heterocycles. The Balaban J connectivity index is 2.40. The number of nitrogens with two attached hydrogens (primary N) is 1. The van der Waals surface area contributed by atoms with Gasteiger partial charge in [0.15, 0.2) is 0 Å². The highest BCUT2D eigenvalue weighted by molar-refractivity contribution is 7.12. The average molecular weight is 294 g/mol. The number of rotatable bonds is 6. The Morgan fingerprint density at radius 3 is 2.70 bits per heavy atom. The van der Waals surface area contributed by atoms with E-state index in [0.29, 0.717) is 17.5 Å². The zero-order chi connectivity index (χ0) is 14.5. The summed E-state index contributed by atoms with van der Waals surface area (Å²) in [6, 6.07) is 3.88. The summed E-state index contributed by atoms with van der Waals surface area (Å²) >= 11 is 1.69. The first kappa shape index (κ1) is 14.7. The van der Waals surface area contributed by atoms with Gasteiger partial charge in [0.05, 0.1) is 20.4 Å². The first-order valence-corrected chi connectivity index (χ1v) is 7.04. The Labute approximate surface area is 121 Å². The molecule has 2 rings (SSSR count). The van der Waals surface area contributed by atoms with Gasteiger partial charge in [-0.15, -0.1) is 11.3 Å². The Kier molecular flexibility index (Phi) is 4.89. The second kappa shape index (κ2) is 6.65. The minimum absolute atomic E-state index is 0.256. The van der Waals surface area contributed by atoms with Gasteiger partial charge in [0, 0.05) is 9.75 Å². The summed E-state index contributed by atoms with van der Waals surface area (Å²) in [6.45, 7) is 2.12. The van der Waals surface area contributed by atoms with Crippen molar-refractivity contribution >= 4 is 11.3 Å². The Morgan fingerprint density at radius 2 is 2.15 bits per heavy atom. The summed E-state index contributed by atoms with van der Waals surface area (Å²) in [4.78, 5) is 11.0. The van der Waals surface area contributed by atoms with Crippen LogP contribution in [0.5, 0.6) is 11.8 Å². The van der Waals surface area contributed by atoms with Crippen LogP contribution in [0.2, 0.25) is 0 Å². The van der Waals surface area contributed by atoms with Gasteiger partial charge in [0.2, 0.25) is 11.8 Å². The molecular weight excluding hydrogens is 276 g/mol. The fourth-order valence-electron chi connectivity index (χ4n) is 1.85. The topological polar surface area (TPSA) is 82.3 Å². The van der Waals surface area contributed by atoms with Gasteiger partial charge >= 0.3 is 0 Å². The van der Waals surface area contributed by atoms with Gasteiger partial charge in [0.1, 0.15) is 11.7 Å². The molecule has 3 N–H and O–H groups in total. The summed E-state index contributed by atoms with van der Waals surface area (Å²) in [5.74, 6) is 6.49. The number of aryl methyl sites for hydroxylation is 1. The SMILES string of the molecule is CCc1ccc(C(NN)c2ncc(OC)nc2OC)s1. The second-order valence-electron chi connectivity index (χ2n) is 4.06. The zero-order valence-electron chi connectivity index (χ0n) is 11.7. The number of nitrogens with zero attached hydrogens (tertiary/aromatic N) is 2. The maximum absolute atomic E-state index is 5.68. The molecule has 2 aromatic rings. The highest BCUT2D eigenvalue weighted by Gasteiger charge is 2.22. The van der Waals surface area contributed by atoms with Crippen LogP contribution in [0.3, 0.4) is 0 Å². The molecule has 0 bridgehead atoms. The number of hydrazine groups is 1. The molecule has 1 unspecified atom stereocenters. The van der Waals surface area contributed by atoms with Gasteiger partial charge in [-0.25, -0.2) is 10.4 Å². The molecule has 108 valence electrons. The van der Waals surface area contributed by atoms with Gasteiger partial charge in [-0.3, -0.25) is 5.84 Å². The van der Waals surface area contributed by atoms with E-state index < -0.39 is 0 Å². The molecule has 0 aliphatic rings. The van der Waals surface area contributed by atoms with Gasteiger partial charge < -0.3 is 9.47 Å². The van der Waals surface area contributed by atoms with E-state index in [4.69, 9.17) is 15.3 Å². The molecular formula is C13H18N4O2S.